The molecule has 3 amide bonds. The monoisotopic (exact) mass is 515 g/mol. The minimum Gasteiger partial charge on any atom is -0.508 e. The van der Waals surface area contributed by atoms with E-state index >= 15 is 0 Å². The molecule has 2 rings (SSSR count). The summed E-state index contributed by atoms with van der Waals surface area (Å²) in [6.45, 7) is 10.9. The van der Waals surface area contributed by atoms with E-state index in [4.69, 9.17) is 4.74 Å². The molecule has 2 aromatic carbocycles. The molecule has 2 unspecified atom stereocenters. The van der Waals surface area contributed by atoms with E-state index < -0.39 is 41.1 Å². The van der Waals surface area contributed by atoms with Gasteiger partial charge in [-0.1, -0.05) is 42.5 Å². The number of carbonyl (C=O) groups is 3. The summed E-state index contributed by atoms with van der Waals surface area (Å²) in [6, 6.07) is 13.5. The normalized spacial score (nSPS) is 13.3. The molecule has 3 N–H and O–H groups in total. The van der Waals surface area contributed by atoms with Gasteiger partial charge in [0.05, 0.1) is 0 Å². The standard InChI is InChI=1S/C27H37N3O5S/c1-26(2,3)30(24(33)21(17-36)29-25(34)35-27(4,5)6)22(19-12-14-20(31)15-13-19)23(32)28-16-18-10-8-7-9-11-18/h7-15,21-22,31,36H,16-17H2,1-6H3,(H,28,32)(H,29,34). The zero-order valence-corrected chi connectivity index (χ0v) is 22.6. The van der Waals surface area contributed by atoms with Crippen molar-refractivity contribution in [2.24, 2.45) is 0 Å². The maximum atomic E-state index is 13.9. The zero-order chi connectivity index (χ0) is 27.1. The third-order valence-electron chi connectivity index (χ3n) is 5.16. The highest BCUT2D eigenvalue weighted by Gasteiger charge is 2.41. The molecule has 0 saturated heterocycles. The van der Waals surface area contributed by atoms with Gasteiger partial charge in [0.1, 0.15) is 23.4 Å². The van der Waals surface area contributed by atoms with Crippen molar-refractivity contribution < 1.29 is 24.2 Å². The molecule has 2 aromatic rings. The van der Waals surface area contributed by atoms with Crippen molar-refractivity contribution in [3.05, 3.63) is 65.7 Å². The summed E-state index contributed by atoms with van der Waals surface area (Å²) in [4.78, 5) is 41.3. The molecule has 9 heteroatoms. The van der Waals surface area contributed by atoms with E-state index in [1.807, 2.05) is 51.1 Å². The first-order valence-corrected chi connectivity index (χ1v) is 12.4. The predicted molar refractivity (Wildman–Crippen MR) is 143 cm³/mol. The Morgan fingerprint density at radius 1 is 0.972 bits per heavy atom. The van der Waals surface area contributed by atoms with Crippen LogP contribution in [0.5, 0.6) is 5.75 Å². The van der Waals surface area contributed by atoms with Crippen LogP contribution in [0, 0.1) is 0 Å². The van der Waals surface area contributed by atoms with Gasteiger partial charge in [-0.05, 0) is 64.8 Å². The number of aromatic hydroxyl groups is 1. The number of hydrogen-bond acceptors (Lipinski definition) is 6. The second-order valence-corrected chi connectivity index (χ2v) is 10.8. The molecule has 0 bridgehead atoms. The van der Waals surface area contributed by atoms with Gasteiger partial charge in [-0.2, -0.15) is 12.6 Å². The van der Waals surface area contributed by atoms with Crippen LogP contribution in [0.2, 0.25) is 0 Å². The van der Waals surface area contributed by atoms with Crippen LogP contribution in [-0.2, 0) is 20.9 Å². The van der Waals surface area contributed by atoms with Crippen molar-refractivity contribution in [1.82, 2.24) is 15.5 Å². The first-order chi connectivity index (χ1) is 16.7. The Morgan fingerprint density at radius 2 is 1.56 bits per heavy atom. The van der Waals surface area contributed by atoms with Crippen molar-refractivity contribution in [3.63, 3.8) is 0 Å². The average molecular weight is 516 g/mol. The molecular formula is C27H37N3O5S. The highest BCUT2D eigenvalue weighted by Crippen LogP contribution is 2.31. The molecule has 196 valence electrons. The molecule has 0 aliphatic carbocycles. The smallest absolute Gasteiger partial charge is 0.408 e. The van der Waals surface area contributed by atoms with E-state index in [1.165, 1.54) is 17.0 Å². The maximum absolute atomic E-state index is 13.9. The summed E-state index contributed by atoms with van der Waals surface area (Å²) < 4.78 is 5.32. The number of amides is 3. The van der Waals surface area contributed by atoms with Gasteiger partial charge in [0.25, 0.3) is 0 Å². The average Bonchev–Trinajstić information content (AvgIpc) is 2.78. The van der Waals surface area contributed by atoms with Crippen LogP contribution in [0.3, 0.4) is 0 Å². The van der Waals surface area contributed by atoms with E-state index in [-0.39, 0.29) is 18.0 Å². The number of phenols is 1. The molecule has 0 aliphatic heterocycles. The van der Waals surface area contributed by atoms with Gasteiger partial charge in [0.2, 0.25) is 11.8 Å². The minimum absolute atomic E-state index is 0.00140. The van der Waals surface area contributed by atoms with Crippen LogP contribution in [0.1, 0.15) is 58.7 Å². The number of thiol groups is 1. The Kier molecular flexibility index (Phi) is 9.81. The van der Waals surface area contributed by atoms with Crippen LogP contribution < -0.4 is 10.6 Å². The SMILES string of the molecule is CC(C)(C)OC(=O)NC(CS)C(=O)N(C(C(=O)NCc1ccccc1)c1ccc(O)cc1)C(C)(C)C. The van der Waals surface area contributed by atoms with Crippen molar-refractivity contribution >= 4 is 30.5 Å². The number of ether oxygens (including phenoxy) is 1. The molecule has 0 saturated carbocycles. The molecular weight excluding hydrogens is 478 g/mol. The number of nitrogens with one attached hydrogen (secondary N) is 2. The Morgan fingerprint density at radius 3 is 2.06 bits per heavy atom. The van der Waals surface area contributed by atoms with E-state index in [0.29, 0.717) is 5.56 Å². The first-order valence-electron chi connectivity index (χ1n) is 11.8. The predicted octanol–water partition coefficient (Wildman–Crippen LogP) is 4.20. The van der Waals surface area contributed by atoms with Crippen molar-refractivity contribution in [1.29, 1.82) is 0 Å². The lowest BCUT2D eigenvalue weighted by atomic mass is 9.95. The highest BCUT2D eigenvalue weighted by molar-refractivity contribution is 7.80. The number of alkyl carbamates (subject to hydrolysis) is 1. The van der Waals surface area contributed by atoms with E-state index in [9.17, 15) is 19.5 Å². The third kappa shape index (κ3) is 8.48. The topological polar surface area (TPSA) is 108 Å². The maximum Gasteiger partial charge on any atom is 0.408 e. The Balaban J connectivity index is 2.44. The van der Waals surface area contributed by atoms with Crippen LogP contribution in [0.4, 0.5) is 4.79 Å². The Labute approximate surface area is 218 Å². The van der Waals surface area contributed by atoms with Crippen molar-refractivity contribution in [2.45, 2.75) is 71.3 Å². The fourth-order valence-corrected chi connectivity index (χ4v) is 3.85. The third-order valence-corrected chi connectivity index (χ3v) is 5.52. The summed E-state index contributed by atoms with van der Waals surface area (Å²) in [5.41, 5.74) is -0.148. The first kappa shape index (κ1) is 29.0. The number of carbonyl (C=O) groups excluding carboxylic acids is 3. The fraction of sp³-hybridized carbons (Fsp3) is 0.444. The van der Waals surface area contributed by atoms with Gasteiger partial charge in [0, 0.05) is 17.8 Å². The summed E-state index contributed by atoms with van der Waals surface area (Å²) in [5, 5.41) is 15.3. The van der Waals surface area contributed by atoms with Gasteiger partial charge >= 0.3 is 6.09 Å². The fourth-order valence-electron chi connectivity index (χ4n) is 3.60. The molecule has 0 fully saturated rings. The van der Waals surface area contributed by atoms with Gasteiger partial charge in [-0.15, -0.1) is 0 Å². The van der Waals surface area contributed by atoms with Gasteiger partial charge in [-0.3, -0.25) is 9.59 Å². The van der Waals surface area contributed by atoms with Crippen LogP contribution in [0.25, 0.3) is 0 Å². The summed E-state index contributed by atoms with van der Waals surface area (Å²) in [6.07, 6.45) is -0.751. The molecule has 0 aliphatic rings. The molecule has 8 nitrogen and oxygen atoms in total. The van der Waals surface area contributed by atoms with Gasteiger partial charge in [-0.25, -0.2) is 4.79 Å². The quantitative estimate of drug-likeness (QED) is 0.394. The molecule has 0 aromatic heterocycles. The molecule has 36 heavy (non-hydrogen) atoms. The molecule has 0 heterocycles. The lowest BCUT2D eigenvalue weighted by Gasteiger charge is -2.43. The van der Waals surface area contributed by atoms with E-state index in [0.717, 1.165) is 5.56 Å². The van der Waals surface area contributed by atoms with Gasteiger partial charge in [0.15, 0.2) is 0 Å². The van der Waals surface area contributed by atoms with Crippen molar-refractivity contribution in [3.8, 4) is 5.75 Å². The van der Waals surface area contributed by atoms with Gasteiger partial charge < -0.3 is 25.4 Å². The van der Waals surface area contributed by atoms with Crippen molar-refractivity contribution in [2.75, 3.05) is 5.75 Å². The Hall–Kier alpha value is -3.20. The number of rotatable bonds is 8. The molecule has 2 atom stereocenters. The lowest BCUT2D eigenvalue weighted by molar-refractivity contribution is -0.148. The van der Waals surface area contributed by atoms with E-state index in [1.54, 1.807) is 32.9 Å². The number of benzene rings is 2. The summed E-state index contributed by atoms with van der Waals surface area (Å²) in [5.74, 6) is -0.853. The van der Waals surface area contributed by atoms with E-state index in [2.05, 4.69) is 23.3 Å². The largest absolute Gasteiger partial charge is 0.508 e. The molecule has 0 spiro atoms. The number of hydrogen-bond donors (Lipinski definition) is 4. The second-order valence-electron chi connectivity index (χ2n) is 10.5. The summed E-state index contributed by atoms with van der Waals surface area (Å²) >= 11 is 4.29. The molecule has 0 radical (unpaired) electrons. The highest BCUT2D eigenvalue weighted by atomic mass is 32.1. The van der Waals surface area contributed by atoms with Crippen LogP contribution >= 0.6 is 12.6 Å². The number of nitrogens with zero attached hydrogens (tertiary/aromatic N) is 1. The van der Waals surface area contributed by atoms with Crippen LogP contribution in [-0.4, -0.2) is 50.8 Å². The van der Waals surface area contributed by atoms with Crippen LogP contribution in [0.15, 0.2) is 54.6 Å². The lowest BCUT2D eigenvalue weighted by Crippen LogP contribution is -2.59. The number of phenolic OH excluding ortho intramolecular Hbond substituents is 1. The Bertz CT molecular complexity index is 1030. The zero-order valence-electron chi connectivity index (χ0n) is 21.7. The minimum atomic E-state index is -1.04. The second kappa shape index (κ2) is 12.2. The summed E-state index contributed by atoms with van der Waals surface area (Å²) in [7, 11) is 0.